The van der Waals surface area contributed by atoms with Crippen molar-refractivity contribution in [2.24, 2.45) is 0 Å². The van der Waals surface area contributed by atoms with Gasteiger partial charge >= 0.3 is 12.0 Å². The van der Waals surface area contributed by atoms with Crippen LogP contribution in [0.15, 0.2) is 18.2 Å². The molecule has 0 aliphatic rings. The first-order chi connectivity index (χ1) is 9.79. The normalized spacial score (nSPS) is 10.1. The second-order valence-corrected chi connectivity index (χ2v) is 4.92. The topological polar surface area (TPSA) is 111 Å². The number of imide groups is 1. The Morgan fingerprint density at radius 1 is 1.33 bits per heavy atom. The van der Waals surface area contributed by atoms with Crippen LogP contribution in [0.4, 0.5) is 10.5 Å². The zero-order valence-corrected chi connectivity index (χ0v) is 12.4. The van der Waals surface area contributed by atoms with E-state index in [-0.39, 0.29) is 17.3 Å². The Morgan fingerprint density at radius 3 is 2.57 bits per heavy atom. The Morgan fingerprint density at radius 2 is 2.00 bits per heavy atom. The van der Waals surface area contributed by atoms with Gasteiger partial charge in [0, 0.05) is 16.8 Å². The van der Waals surface area contributed by atoms with Crippen LogP contribution in [0.2, 0.25) is 5.02 Å². The van der Waals surface area contributed by atoms with Crippen molar-refractivity contribution in [3.63, 3.8) is 0 Å². The molecule has 0 fully saturated rings. The van der Waals surface area contributed by atoms with Crippen molar-refractivity contribution < 1.29 is 19.1 Å². The predicted octanol–water partition coefficient (Wildman–Crippen LogP) is 1.31. The minimum Gasteiger partial charge on any atom is -0.452 e. The third-order valence-corrected chi connectivity index (χ3v) is 2.48. The molecule has 21 heavy (non-hydrogen) atoms. The second kappa shape index (κ2) is 7.49. The number of urea groups is 1. The number of carbonyl (C=O) groups excluding carboxylic acids is 3. The molecule has 1 aromatic rings. The van der Waals surface area contributed by atoms with Crippen molar-refractivity contribution in [1.29, 1.82) is 0 Å². The summed E-state index contributed by atoms with van der Waals surface area (Å²) in [5.41, 5.74) is 5.85. The number of nitrogens with two attached hydrogens (primary N) is 1. The Kier molecular flexibility index (Phi) is 5.98. The maximum Gasteiger partial charge on any atom is 0.340 e. The van der Waals surface area contributed by atoms with Crippen LogP contribution in [0.3, 0.4) is 0 Å². The second-order valence-electron chi connectivity index (χ2n) is 4.48. The van der Waals surface area contributed by atoms with Crippen molar-refractivity contribution in [2.45, 2.75) is 19.9 Å². The average Bonchev–Trinajstić information content (AvgIpc) is 2.34. The van der Waals surface area contributed by atoms with Crippen LogP contribution in [-0.4, -0.2) is 30.6 Å². The van der Waals surface area contributed by atoms with Crippen LogP contribution < -0.4 is 16.4 Å². The quantitative estimate of drug-likeness (QED) is 0.573. The van der Waals surface area contributed by atoms with Crippen molar-refractivity contribution in [2.75, 3.05) is 12.3 Å². The Bertz CT molecular complexity index is 560. The zero-order valence-electron chi connectivity index (χ0n) is 11.6. The molecule has 0 unspecified atom stereocenters. The molecule has 0 heterocycles. The summed E-state index contributed by atoms with van der Waals surface area (Å²) >= 11 is 5.71. The molecule has 7 nitrogen and oxygen atoms in total. The van der Waals surface area contributed by atoms with Gasteiger partial charge in [-0.1, -0.05) is 11.6 Å². The molecule has 114 valence electrons. The van der Waals surface area contributed by atoms with E-state index in [2.05, 4.69) is 5.32 Å². The zero-order chi connectivity index (χ0) is 16.0. The molecule has 0 bridgehead atoms. The molecule has 0 aliphatic carbocycles. The van der Waals surface area contributed by atoms with E-state index in [0.29, 0.717) is 5.02 Å². The highest BCUT2D eigenvalue weighted by atomic mass is 35.5. The Balaban J connectivity index is 2.49. The molecular formula is C13H16ClN3O4. The number of esters is 1. The lowest BCUT2D eigenvalue weighted by Gasteiger charge is -2.10. The summed E-state index contributed by atoms with van der Waals surface area (Å²) in [6, 6.07) is 3.49. The van der Waals surface area contributed by atoms with Crippen molar-refractivity contribution in [3.8, 4) is 0 Å². The van der Waals surface area contributed by atoms with E-state index in [1.165, 1.54) is 18.2 Å². The molecule has 1 aromatic carbocycles. The maximum atomic E-state index is 11.7. The van der Waals surface area contributed by atoms with Gasteiger partial charge in [-0.15, -0.1) is 0 Å². The SMILES string of the molecule is CC(C)NC(=O)NC(=O)COC(=O)c1ccc(Cl)cc1N. The van der Waals surface area contributed by atoms with Crippen molar-refractivity contribution in [3.05, 3.63) is 28.8 Å². The molecule has 1 rings (SSSR count). The number of nitrogen functional groups attached to an aromatic ring is 1. The highest BCUT2D eigenvalue weighted by molar-refractivity contribution is 6.31. The lowest BCUT2D eigenvalue weighted by Crippen LogP contribution is -2.44. The number of carbonyl (C=O) groups is 3. The monoisotopic (exact) mass is 313 g/mol. The number of hydrogen-bond acceptors (Lipinski definition) is 5. The number of benzene rings is 1. The molecule has 8 heteroatoms. The number of ether oxygens (including phenoxy) is 1. The largest absolute Gasteiger partial charge is 0.452 e. The predicted molar refractivity (Wildman–Crippen MR) is 78.0 cm³/mol. The van der Waals surface area contributed by atoms with Gasteiger partial charge in [-0.3, -0.25) is 10.1 Å². The maximum absolute atomic E-state index is 11.7. The molecule has 0 saturated heterocycles. The minimum atomic E-state index is -0.774. The van der Waals surface area contributed by atoms with Crippen LogP contribution in [0.25, 0.3) is 0 Å². The van der Waals surface area contributed by atoms with Gasteiger partial charge in [-0.05, 0) is 32.0 Å². The highest BCUT2D eigenvalue weighted by Gasteiger charge is 2.15. The summed E-state index contributed by atoms with van der Waals surface area (Å²) in [6.45, 7) is 2.90. The van der Waals surface area contributed by atoms with Crippen LogP contribution in [0, 0.1) is 0 Å². The van der Waals surface area contributed by atoms with Crippen LogP contribution in [0.1, 0.15) is 24.2 Å². The number of rotatable bonds is 4. The van der Waals surface area contributed by atoms with Crippen molar-refractivity contribution >= 4 is 35.2 Å². The molecule has 0 spiro atoms. The van der Waals surface area contributed by atoms with Gasteiger partial charge in [0.1, 0.15) is 0 Å². The lowest BCUT2D eigenvalue weighted by molar-refractivity contribution is -0.123. The summed E-state index contributed by atoms with van der Waals surface area (Å²) in [7, 11) is 0. The summed E-state index contributed by atoms with van der Waals surface area (Å²) in [6.07, 6.45) is 0. The first-order valence-corrected chi connectivity index (χ1v) is 6.50. The number of halogens is 1. The lowest BCUT2D eigenvalue weighted by atomic mass is 10.2. The molecule has 0 saturated carbocycles. The van der Waals surface area contributed by atoms with Gasteiger partial charge in [-0.2, -0.15) is 0 Å². The number of amides is 3. The standard InChI is InChI=1S/C13H16ClN3O4/c1-7(2)16-13(20)17-11(18)6-21-12(19)9-4-3-8(14)5-10(9)15/h3-5,7H,6,15H2,1-2H3,(H2,16,17,18,20). The third kappa shape index (κ3) is 5.70. The molecule has 0 aromatic heterocycles. The van der Waals surface area contributed by atoms with E-state index < -0.39 is 24.5 Å². The minimum absolute atomic E-state index is 0.0961. The van der Waals surface area contributed by atoms with E-state index in [1.54, 1.807) is 13.8 Å². The van der Waals surface area contributed by atoms with Gasteiger partial charge in [-0.25, -0.2) is 9.59 Å². The van der Waals surface area contributed by atoms with Gasteiger partial charge in [0.15, 0.2) is 6.61 Å². The van der Waals surface area contributed by atoms with Gasteiger partial charge < -0.3 is 15.8 Å². The van der Waals surface area contributed by atoms with E-state index in [0.717, 1.165) is 0 Å². The average molecular weight is 314 g/mol. The number of nitrogens with one attached hydrogen (secondary N) is 2. The number of hydrogen-bond donors (Lipinski definition) is 3. The molecule has 0 atom stereocenters. The first-order valence-electron chi connectivity index (χ1n) is 6.12. The summed E-state index contributed by atoms with van der Waals surface area (Å²) in [4.78, 5) is 34.4. The highest BCUT2D eigenvalue weighted by Crippen LogP contribution is 2.18. The molecule has 0 aliphatic heterocycles. The van der Waals surface area contributed by atoms with Crippen LogP contribution in [0.5, 0.6) is 0 Å². The number of anilines is 1. The third-order valence-electron chi connectivity index (χ3n) is 2.24. The Hall–Kier alpha value is -2.28. The van der Waals surface area contributed by atoms with Crippen molar-refractivity contribution in [1.82, 2.24) is 10.6 Å². The smallest absolute Gasteiger partial charge is 0.340 e. The van der Waals surface area contributed by atoms with Gasteiger partial charge in [0.05, 0.1) is 5.56 Å². The fraction of sp³-hybridized carbons (Fsp3) is 0.308. The van der Waals surface area contributed by atoms with E-state index in [1.807, 2.05) is 5.32 Å². The summed E-state index contributed by atoms with van der Waals surface area (Å²) < 4.78 is 4.76. The molecular weight excluding hydrogens is 298 g/mol. The van der Waals surface area contributed by atoms with Crippen LogP contribution in [-0.2, 0) is 9.53 Å². The van der Waals surface area contributed by atoms with E-state index in [4.69, 9.17) is 22.1 Å². The Labute approximate surface area is 126 Å². The molecule has 0 radical (unpaired) electrons. The fourth-order valence-corrected chi connectivity index (χ4v) is 1.57. The first kappa shape index (κ1) is 16.8. The van der Waals surface area contributed by atoms with Gasteiger partial charge in [0.25, 0.3) is 5.91 Å². The summed E-state index contributed by atoms with van der Waals surface area (Å²) in [5, 5.41) is 4.87. The molecule has 3 amide bonds. The fourth-order valence-electron chi connectivity index (χ4n) is 1.39. The van der Waals surface area contributed by atoms with Gasteiger partial charge in [0.2, 0.25) is 0 Å². The molecule has 4 N–H and O–H groups in total. The summed E-state index contributed by atoms with van der Waals surface area (Å²) in [5.74, 6) is -1.52. The van der Waals surface area contributed by atoms with E-state index >= 15 is 0 Å². The van der Waals surface area contributed by atoms with E-state index in [9.17, 15) is 14.4 Å². The van der Waals surface area contributed by atoms with Crippen LogP contribution >= 0.6 is 11.6 Å².